The van der Waals surface area contributed by atoms with Gasteiger partial charge in [0.05, 0.1) is 11.4 Å². The SMILES string of the molecule is CCCCN(C)C(=O)CSc1nnnn1-c1ccc(O)cc1. The van der Waals surface area contributed by atoms with Gasteiger partial charge in [-0.15, -0.1) is 5.10 Å². The fourth-order valence-corrected chi connectivity index (χ4v) is 2.61. The standard InChI is InChI=1S/C14H19N5O2S/c1-3-4-9-18(2)13(21)10-22-14-15-16-17-19(14)11-5-7-12(20)8-6-11/h5-8,20H,3-4,9-10H2,1-2H3. The van der Waals surface area contributed by atoms with Crippen LogP contribution in [0.5, 0.6) is 5.75 Å². The Labute approximate surface area is 133 Å². The maximum absolute atomic E-state index is 12.0. The second-order valence-corrected chi connectivity index (χ2v) is 5.79. The van der Waals surface area contributed by atoms with E-state index in [1.807, 2.05) is 7.05 Å². The molecule has 0 spiro atoms. The number of aromatic hydroxyl groups is 1. The molecule has 0 atom stereocenters. The lowest BCUT2D eigenvalue weighted by Gasteiger charge is -2.16. The second kappa shape index (κ2) is 7.79. The third-order valence-electron chi connectivity index (χ3n) is 3.13. The molecule has 0 aliphatic carbocycles. The first kappa shape index (κ1) is 16.3. The molecule has 0 unspecified atom stereocenters. The molecule has 0 radical (unpaired) electrons. The zero-order valence-electron chi connectivity index (χ0n) is 12.6. The lowest BCUT2D eigenvalue weighted by Crippen LogP contribution is -2.29. The van der Waals surface area contributed by atoms with Crippen LogP contribution in [0.15, 0.2) is 29.4 Å². The Bertz CT molecular complexity index is 614. The minimum atomic E-state index is 0.0544. The Balaban J connectivity index is 1.98. The van der Waals surface area contributed by atoms with Crippen molar-refractivity contribution in [2.24, 2.45) is 0 Å². The number of tetrazole rings is 1. The Morgan fingerprint density at radius 1 is 1.36 bits per heavy atom. The lowest BCUT2D eigenvalue weighted by molar-refractivity contribution is -0.127. The third-order valence-corrected chi connectivity index (χ3v) is 4.04. The molecule has 0 aliphatic heterocycles. The van der Waals surface area contributed by atoms with E-state index >= 15 is 0 Å². The molecular formula is C14H19N5O2S. The summed E-state index contributed by atoms with van der Waals surface area (Å²) in [5.74, 6) is 0.524. The van der Waals surface area contributed by atoms with Crippen LogP contribution in [0.25, 0.3) is 5.69 Å². The lowest BCUT2D eigenvalue weighted by atomic mass is 10.3. The molecule has 0 aliphatic rings. The van der Waals surface area contributed by atoms with Gasteiger partial charge in [-0.3, -0.25) is 4.79 Å². The maximum atomic E-state index is 12.0. The number of nitrogens with zero attached hydrogens (tertiary/aromatic N) is 5. The van der Waals surface area contributed by atoms with Gasteiger partial charge in [-0.2, -0.15) is 4.68 Å². The number of phenols is 1. The molecule has 0 saturated heterocycles. The zero-order chi connectivity index (χ0) is 15.9. The van der Waals surface area contributed by atoms with Gasteiger partial charge in [0.15, 0.2) is 0 Å². The van der Waals surface area contributed by atoms with Gasteiger partial charge in [0.1, 0.15) is 5.75 Å². The van der Waals surface area contributed by atoms with Crippen molar-refractivity contribution in [3.8, 4) is 11.4 Å². The van der Waals surface area contributed by atoms with Crippen molar-refractivity contribution < 1.29 is 9.90 Å². The first-order chi connectivity index (χ1) is 10.6. The van der Waals surface area contributed by atoms with Gasteiger partial charge in [-0.25, -0.2) is 0 Å². The minimum absolute atomic E-state index is 0.0544. The Kier molecular flexibility index (Phi) is 5.76. The Hall–Kier alpha value is -2.09. The molecule has 1 aromatic heterocycles. The monoisotopic (exact) mass is 321 g/mol. The fourth-order valence-electron chi connectivity index (χ4n) is 1.78. The van der Waals surface area contributed by atoms with Crippen molar-refractivity contribution in [1.29, 1.82) is 0 Å². The number of carbonyl (C=O) groups excluding carboxylic acids is 1. The van der Waals surface area contributed by atoms with E-state index in [1.165, 1.54) is 11.8 Å². The molecule has 0 fully saturated rings. The van der Waals surface area contributed by atoms with Crippen molar-refractivity contribution >= 4 is 17.7 Å². The number of carbonyl (C=O) groups is 1. The normalized spacial score (nSPS) is 10.6. The number of hydrogen-bond acceptors (Lipinski definition) is 6. The summed E-state index contributed by atoms with van der Waals surface area (Å²) in [7, 11) is 1.81. The van der Waals surface area contributed by atoms with Gasteiger partial charge >= 0.3 is 0 Å². The molecule has 0 bridgehead atoms. The Morgan fingerprint density at radius 2 is 2.09 bits per heavy atom. The van der Waals surface area contributed by atoms with Crippen LogP contribution in [0, 0.1) is 0 Å². The van der Waals surface area contributed by atoms with E-state index in [2.05, 4.69) is 22.4 Å². The highest BCUT2D eigenvalue weighted by molar-refractivity contribution is 7.99. The van der Waals surface area contributed by atoms with E-state index in [4.69, 9.17) is 0 Å². The van der Waals surface area contributed by atoms with Crippen molar-refractivity contribution in [3.05, 3.63) is 24.3 Å². The van der Waals surface area contributed by atoms with Gasteiger partial charge in [0, 0.05) is 13.6 Å². The number of amides is 1. The van der Waals surface area contributed by atoms with Crippen molar-refractivity contribution in [1.82, 2.24) is 25.1 Å². The summed E-state index contributed by atoms with van der Waals surface area (Å²) in [6.07, 6.45) is 2.06. The molecule has 7 nitrogen and oxygen atoms in total. The summed E-state index contributed by atoms with van der Waals surface area (Å²) in [5.41, 5.74) is 0.733. The number of phenolic OH excluding ortho intramolecular Hbond substituents is 1. The maximum Gasteiger partial charge on any atom is 0.232 e. The molecule has 22 heavy (non-hydrogen) atoms. The number of thioether (sulfide) groups is 1. The van der Waals surface area contributed by atoms with Crippen LogP contribution in [0.4, 0.5) is 0 Å². The summed E-state index contributed by atoms with van der Waals surface area (Å²) in [6, 6.07) is 6.56. The number of benzene rings is 1. The van der Waals surface area contributed by atoms with E-state index in [0.717, 1.165) is 25.1 Å². The van der Waals surface area contributed by atoms with Crippen LogP contribution in [-0.2, 0) is 4.79 Å². The quantitative estimate of drug-likeness (QED) is 0.782. The fraction of sp³-hybridized carbons (Fsp3) is 0.429. The second-order valence-electron chi connectivity index (χ2n) is 4.85. The highest BCUT2D eigenvalue weighted by atomic mass is 32.2. The summed E-state index contributed by atoms with van der Waals surface area (Å²) in [4.78, 5) is 13.8. The molecule has 0 saturated carbocycles. The first-order valence-electron chi connectivity index (χ1n) is 7.06. The topological polar surface area (TPSA) is 84.1 Å². The summed E-state index contributed by atoms with van der Waals surface area (Å²) in [5, 5.41) is 21.4. The Morgan fingerprint density at radius 3 is 2.77 bits per heavy atom. The average Bonchev–Trinajstić information content (AvgIpc) is 2.99. The van der Waals surface area contributed by atoms with E-state index in [-0.39, 0.29) is 11.7 Å². The molecule has 8 heteroatoms. The first-order valence-corrected chi connectivity index (χ1v) is 8.05. The molecule has 2 rings (SSSR count). The van der Waals surface area contributed by atoms with Crippen LogP contribution in [0.1, 0.15) is 19.8 Å². The van der Waals surface area contributed by atoms with E-state index < -0.39 is 0 Å². The number of aromatic nitrogens is 4. The number of rotatable bonds is 7. The van der Waals surface area contributed by atoms with Crippen molar-refractivity contribution in [2.75, 3.05) is 19.3 Å². The molecule has 1 amide bonds. The molecular weight excluding hydrogens is 302 g/mol. The summed E-state index contributed by atoms with van der Waals surface area (Å²) < 4.78 is 1.55. The average molecular weight is 321 g/mol. The van der Waals surface area contributed by atoms with Crippen molar-refractivity contribution in [2.45, 2.75) is 24.9 Å². The smallest absolute Gasteiger partial charge is 0.232 e. The molecule has 1 heterocycles. The van der Waals surface area contributed by atoms with Crippen LogP contribution in [0.2, 0.25) is 0 Å². The van der Waals surface area contributed by atoms with E-state index in [9.17, 15) is 9.90 Å². The molecule has 118 valence electrons. The predicted molar refractivity (Wildman–Crippen MR) is 84.1 cm³/mol. The number of unbranched alkanes of at least 4 members (excludes halogenated alkanes) is 1. The minimum Gasteiger partial charge on any atom is -0.508 e. The molecule has 1 N–H and O–H groups in total. The van der Waals surface area contributed by atoms with Gasteiger partial charge in [-0.1, -0.05) is 25.1 Å². The van der Waals surface area contributed by atoms with Gasteiger partial charge < -0.3 is 10.0 Å². The van der Waals surface area contributed by atoms with Crippen molar-refractivity contribution in [3.63, 3.8) is 0 Å². The summed E-state index contributed by atoms with van der Waals surface area (Å²) >= 11 is 1.30. The highest BCUT2D eigenvalue weighted by Gasteiger charge is 2.13. The summed E-state index contributed by atoms with van der Waals surface area (Å²) in [6.45, 7) is 2.86. The van der Waals surface area contributed by atoms with Gasteiger partial charge in [-0.05, 0) is 41.1 Å². The van der Waals surface area contributed by atoms with Crippen LogP contribution in [0.3, 0.4) is 0 Å². The molecule has 2 aromatic rings. The number of hydrogen-bond donors (Lipinski definition) is 1. The van der Waals surface area contributed by atoms with Gasteiger partial charge in [0.25, 0.3) is 0 Å². The largest absolute Gasteiger partial charge is 0.508 e. The van der Waals surface area contributed by atoms with Gasteiger partial charge in [0.2, 0.25) is 11.1 Å². The zero-order valence-corrected chi connectivity index (χ0v) is 13.5. The highest BCUT2D eigenvalue weighted by Crippen LogP contribution is 2.20. The molecule has 1 aromatic carbocycles. The predicted octanol–water partition coefficient (Wildman–Crippen LogP) is 1.72. The van der Waals surface area contributed by atoms with Crippen LogP contribution >= 0.6 is 11.8 Å². The van der Waals surface area contributed by atoms with E-state index in [1.54, 1.807) is 33.8 Å². The van der Waals surface area contributed by atoms with E-state index in [0.29, 0.717) is 10.9 Å². The third kappa shape index (κ3) is 4.20. The van der Waals surface area contributed by atoms with Crippen LogP contribution in [-0.4, -0.2) is 55.5 Å². The van der Waals surface area contributed by atoms with Crippen LogP contribution < -0.4 is 0 Å².